The highest BCUT2D eigenvalue weighted by Gasteiger charge is 2.59. The third-order valence-corrected chi connectivity index (χ3v) is 4.68. The highest BCUT2D eigenvalue weighted by Crippen LogP contribution is 2.51. The SMILES string of the molecule is CC1(C)C(NC(N)=NCc2ccccc2)C2CCOC21.I. The Kier molecular flexibility index (Phi) is 5.14. The van der Waals surface area contributed by atoms with E-state index in [0.29, 0.717) is 30.6 Å². The molecule has 3 rings (SSSR count). The minimum Gasteiger partial charge on any atom is -0.377 e. The number of hydrogen-bond acceptors (Lipinski definition) is 2. The normalized spacial score (nSPS) is 30.0. The highest BCUT2D eigenvalue weighted by atomic mass is 127. The van der Waals surface area contributed by atoms with Gasteiger partial charge in [0.25, 0.3) is 0 Å². The van der Waals surface area contributed by atoms with Crippen LogP contribution in [0.15, 0.2) is 35.3 Å². The molecule has 4 nitrogen and oxygen atoms in total. The van der Waals surface area contributed by atoms with E-state index in [-0.39, 0.29) is 29.4 Å². The van der Waals surface area contributed by atoms with E-state index in [1.165, 1.54) is 5.56 Å². The lowest BCUT2D eigenvalue weighted by atomic mass is 9.57. The van der Waals surface area contributed by atoms with Gasteiger partial charge in [-0.05, 0) is 12.0 Å². The molecule has 5 heteroatoms. The molecule has 1 saturated heterocycles. The molecule has 1 heterocycles. The van der Waals surface area contributed by atoms with Crippen LogP contribution in [0.3, 0.4) is 0 Å². The summed E-state index contributed by atoms with van der Waals surface area (Å²) in [6.07, 6.45) is 1.50. The zero-order valence-corrected chi connectivity index (χ0v) is 14.9. The second-order valence-corrected chi connectivity index (χ2v) is 6.37. The van der Waals surface area contributed by atoms with Gasteiger partial charge in [0.1, 0.15) is 0 Å². The maximum atomic E-state index is 6.03. The second kappa shape index (κ2) is 6.52. The lowest BCUT2D eigenvalue weighted by molar-refractivity contribution is -0.106. The first kappa shape index (κ1) is 16.5. The minimum absolute atomic E-state index is 0. The molecular weight excluding hydrogens is 377 g/mol. The van der Waals surface area contributed by atoms with Gasteiger partial charge >= 0.3 is 0 Å². The summed E-state index contributed by atoms with van der Waals surface area (Å²) in [4.78, 5) is 4.44. The first-order valence-corrected chi connectivity index (χ1v) is 7.31. The number of rotatable bonds is 3. The zero-order valence-electron chi connectivity index (χ0n) is 12.6. The number of hydrogen-bond donors (Lipinski definition) is 2. The van der Waals surface area contributed by atoms with Crippen molar-refractivity contribution in [1.82, 2.24) is 5.32 Å². The van der Waals surface area contributed by atoms with Gasteiger partial charge in [-0.15, -0.1) is 24.0 Å². The van der Waals surface area contributed by atoms with Gasteiger partial charge in [0.2, 0.25) is 0 Å². The Labute approximate surface area is 143 Å². The fourth-order valence-electron chi connectivity index (χ4n) is 3.58. The average molecular weight is 401 g/mol. The summed E-state index contributed by atoms with van der Waals surface area (Å²) >= 11 is 0. The van der Waals surface area contributed by atoms with Crippen LogP contribution >= 0.6 is 24.0 Å². The summed E-state index contributed by atoms with van der Waals surface area (Å²) in [7, 11) is 0. The van der Waals surface area contributed by atoms with Crippen molar-refractivity contribution < 1.29 is 4.74 Å². The van der Waals surface area contributed by atoms with Crippen molar-refractivity contribution in [2.75, 3.05) is 6.61 Å². The van der Waals surface area contributed by atoms with Crippen LogP contribution in [-0.2, 0) is 11.3 Å². The lowest BCUT2D eigenvalue weighted by Gasteiger charge is -2.54. The van der Waals surface area contributed by atoms with Gasteiger partial charge < -0.3 is 15.8 Å². The minimum atomic E-state index is 0. The van der Waals surface area contributed by atoms with Crippen LogP contribution in [-0.4, -0.2) is 24.7 Å². The summed E-state index contributed by atoms with van der Waals surface area (Å²) < 4.78 is 5.79. The number of guanidine groups is 1. The molecule has 0 bridgehead atoms. The first-order chi connectivity index (χ1) is 9.59. The topological polar surface area (TPSA) is 59.6 Å². The van der Waals surface area contributed by atoms with E-state index in [1.807, 2.05) is 18.2 Å². The molecule has 1 aliphatic carbocycles. The molecule has 1 saturated carbocycles. The average Bonchev–Trinajstić information content (AvgIpc) is 2.91. The van der Waals surface area contributed by atoms with Crippen LogP contribution in [0.2, 0.25) is 0 Å². The number of benzene rings is 1. The molecule has 116 valence electrons. The van der Waals surface area contributed by atoms with Crippen molar-refractivity contribution in [3.05, 3.63) is 35.9 Å². The molecule has 0 radical (unpaired) electrons. The first-order valence-electron chi connectivity index (χ1n) is 7.31. The fraction of sp³-hybridized carbons (Fsp3) is 0.562. The molecule has 0 spiro atoms. The second-order valence-electron chi connectivity index (χ2n) is 6.37. The maximum Gasteiger partial charge on any atom is 0.189 e. The number of nitrogens with two attached hydrogens (primary N) is 1. The maximum absolute atomic E-state index is 6.03. The Balaban J connectivity index is 0.00000161. The van der Waals surface area contributed by atoms with Gasteiger partial charge in [0, 0.05) is 24.0 Å². The standard InChI is InChI=1S/C16H23N3O.HI/c1-16(2)13(12-8-9-20-14(12)16)19-15(17)18-10-11-6-4-3-5-7-11;/h3-7,12-14H,8-10H2,1-2H3,(H3,17,18,19);1H. The predicted molar refractivity (Wildman–Crippen MR) is 95.7 cm³/mol. The van der Waals surface area contributed by atoms with Crippen LogP contribution in [0, 0.1) is 11.3 Å². The third kappa shape index (κ3) is 3.18. The van der Waals surface area contributed by atoms with E-state index >= 15 is 0 Å². The molecule has 3 atom stereocenters. The Bertz CT molecular complexity index is 504. The third-order valence-electron chi connectivity index (χ3n) is 4.68. The predicted octanol–water partition coefficient (Wildman–Crippen LogP) is 2.52. The Hall–Kier alpha value is -0.820. The quantitative estimate of drug-likeness (QED) is 0.465. The summed E-state index contributed by atoms with van der Waals surface area (Å²) in [6.45, 7) is 5.97. The molecular formula is C16H24IN3O. The summed E-state index contributed by atoms with van der Waals surface area (Å²) in [6, 6.07) is 10.5. The van der Waals surface area contributed by atoms with E-state index in [0.717, 1.165) is 13.0 Å². The molecule has 3 N–H and O–H groups in total. The van der Waals surface area contributed by atoms with E-state index < -0.39 is 0 Å². The number of ether oxygens (including phenoxy) is 1. The van der Waals surface area contributed by atoms with Gasteiger partial charge in [-0.25, -0.2) is 4.99 Å². The Morgan fingerprint density at radius 2 is 2.10 bits per heavy atom. The van der Waals surface area contributed by atoms with Gasteiger partial charge in [-0.3, -0.25) is 0 Å². The molecule has 1 aromatic carbocycles. The van der Waals surface area contributed by atoms with Gasteiger partial charge in [-0.1, -0.05) is 44.2 Å². The van der Waals surface area contributed by atoms with E-state index in [2.05, 4.69) is 36.3 Å². The lowest BCUT2D eigenvalue weighted by Crippen LogP contribution is -2.67. The van der Waals surface area contributed by atoms with Gasteiger partial charge in [0.05, 0.1) is 12.6 Å². The number of nitrogens with zero attached hydrogens (tertiary/aromatic N) is 1. The number of aliphatic imine (C=N–C) groups is 1. The van der Waals surface area contributed by atoms with Gasteiger partial charge in [-0.2, -0.15) is 0 Å². The van der Waals surface area contributed by atoms with E-state index in [1.54, 1.807) is 0 Å². The van der Waals surface area contributed by atoms with Crippen LogP contribution in [0.4, 0.5) is 0 Å². The van der Waals surface area contributed by atoms with Crippen LogP contribution in [0.25, 0.3) is 0 Å². The number of nitrogens with one attached hydrogen (secondary N) is 1. The van der Waals surface area contributed by atoms with Crippen molar-refractivity contribution in [1.29, 1.82) is 0 Å². The number of fused-ring (bicyclic) bond motifs is 1. The fourth-order valence-corrected chi connectivity index (χ4v) is 3.58. The summed E-state index contributed by atoms with van der Waals surface area (Å²) in [5, 5.41) is 3.40. The zero-order chi connectivity index (χ0) is 14.2. The molecule has 0 amide bonds. The molecule has 0 aromatic heterocycles. The molecule has 2 fully saturated rings. The highest BCUT2D eigenvalue weighted by molar-refractivity contribution is 14.0. The van der Waals surface area contributed by atoms with Crippen molar-refractivity contribution in [3.8, 4) is 0 Å². The van der Waals surface area contributed by atoms with Crippen LogP contribution in [0.1, 0.15) is 25.8 Å². The largest absolute Gasteiger partial charge is 0.377 e. The monoisotopic (exact) mass is 401 g/mol. The van der Waals surface area contributed by atoms with Crippen LogP contribution in [0.5, 0.6) is 0 Å². The molecule has 1 aliphatic heterocycles. The summed E-state index contributed by atoms with van der Waals surface area (Å²) in [5.74, 6) is 1.12. The van der Waals surface area contributed by atoms with Crippen molar-refractivity contribution >= 4 is 29.9 Å². The molecule has 2 aliphatic rings. The van der Waals surface area contributed by atoms with Crippen molar-refractivity contribution in [2.45, 2.75) is 39.0 Å². The number of halogens is 1. The van der Waals surface area contributed by atoms with Crippen molar-refractivity contribution in [2.24, 2.45) is 22.1 Å². The molecule has 3 unspecified atom stereocenters. The molecule has 21 heavy (non-hydrogen) atoms. The Morgan fingerprint density at radius 1 is 1.38 bits per heavy atom. The van der Waals surface area contributed by atoms with E-state index in [4.69, 9.17) is 10.5 Å². The van der Waals surface area contributed by atoms with Crippen LogP contribution < -0.4 is 11.1 Å². The van der Waals surface area contributed by atoms with Crippen molar-refractivity contribution in [3.63, 3.8) is 0 Å². The summed E-state index contributed by atoms with van der Waals surface area (Å²) in [5.41, 5.74) is 7.34. The Morgan fingerprint density at radius 3 is 2.81 bits per heavy atom. The smallest absolute Gasteiger partial charge is 0.189 e. The van der Waals surface area contributed by atoms with E-state index in [9.17, 15) is 0 Å². The molecule has 1 aromatic rings. The van der Waals surface area contributed by atoms with Gasteiger partial charge in [0.15, 0.2) is 5.96 Å².